The van der Waals surface area contributed by atoms with Crippen LogP contribution in [0.5, 0.6) is 0 Å². The average Bonchev–Trinajstić information content (AvgIpc) is 3.20. The van der Waals surface area contributed by atoms with Gasteiger partial charge >= 0.3 is 12.0 Å². The van der Waals surface area contributed by atoms with E-state index in [1.807, 2.05) is 5.32 Å². The molecule has 4 amide bonds. The monoisotopic (exact) mass is 451 g/mol. The molecule has 1 aliphatic heterocycles. The first-order valence-electron chi connectivity index (χ1n) is 9.08. The molecular formula is C20H16ClF2N3O5. The Labute approximate surface area is 179 Å². The molecule has 0 saturated carbocycles. The Kier molecular flexibility index (Phi) is 6.50. The highest BCUT2D eigenvalue weighted by Gasteiger charge is 2.35. The number of carboxylic acid groups (broad SMARTS) is 1. The average molecular weight is 452 g/mol. The van der Waals surface area contributed by atoms with Gasteiger partial charge in [-0.3, -0.25) is 14.9 Å². The van der Waals surface area contributed by atoms with E-state index < -0.39 is 52.1 Å². The number of benzene rings is 2. The van der Waals surface area contributed by atoms with Crippen LogP contribution in [0, 0.1) is 11.6 Å². The number of likely N-dealkylation sites (tertiary alicyclic amines) is 1. The van der Waals surface area contributed by atoms with E-state index in [1.54, 1.807) is 0 Å². The van der Waals surface area contributed by atoms with Gasteiger partial charge in [0.2, 0.25) is 0 Å². The van der Waals surface area contributed by atoms with Crippen LogP contribution in [-0.4, -0.2) is 46.4 Å². The van der Waals surface area contributed by atoms with Gasteiger partial charge in [0.25, 0.3) is 11.8 Å². The van der Waals surface area contributed by atoms with Crippen molar-refractivity contribution < 1.29 is 33.1 Å². The first kappa shape index (κ1) is 22.2. The number of carbonyl (C=O) groups is 4. The van der Waals surface area contributed by atoms with Crippen LogP contribution in [0.15, 0.2) is 36.4 Å². The van der Waals surface area contributed by atoms with E-state index in [0.717, 1.165) is 0 Å². The Morgan fingerprint density at radius 1 is 1.06 bits per heavy atom. The predicted molar refractivity (Wildman–Crippen MR) is 106 cm³/mol. The van der Waals surface area contributed by atoms with Crippen molar-refractivity contribution in [3.63, 3.8) is 0 Å². The minimum Gasteiger partial charge on any atom is -0.480 e. The zero-order valence-electron chi connectivity index (χ0n) is 15.8. The highest BCUT2D eigenvalue weighted by Crippen LogP contribution is 2.24. The minimum absolute atomic E-state index is 0.0316. The lowest BCUT2D eigenvalue weighted by Crippen LogP contribution is -2.41. The molecule has 0 bridgehead atoms. The molecule has 31 heavy (non-hydrogen) atoms. The molecule has 0 unspecified atom stereocenters. The topological polar surface area (TPSA) is 116 Å². The molecule has 0 radical (unpaired) electrons. The summed E-state index contributed by atoms with van der Waals surface area (Å²) in [5.74, 6) is -5.36. The molecule has 3 rings (SSSR count). The van der Waals surface area contributed by atoms with Crippen LogP contribution in [0.3, 0.4) is 0 Å². The standard InChI is InChI=1S/C20H16ClF2N3O5/c21-12-9-14(23)13(22)8-11(12)17(27)25-20(31)24-15-5-2-1-4-10(15)18(28)26-7-3-6-16(26)19(29)30/h1-2,4-5,8-9,16H,3,6-7H2,(H,29,30)(H2,24,25,27,31)/t16-/m0/s1. The summed E-state index contributed by atoms with van der Waals surface area (Å²) in [4.78, 5) is 49.9. The van der Waals surface area contributed by atoms with Crippen molar-refractivity contribution in [2.45, 2.75) is 18.9 Å². The van der Waals surface area contributed by atoms with Crippen molar-refractivity contribution in [2.75, 3.05) is 11.9 Å². The van der Waals surface area contributed by atoms with Crippen molar-refractivity contribution >= 4 is 41.1 Å². The number of rotatable bonds is 4. The van der Waals surface area contributed by atoms with Crippen molar-refractivity contribution in [3.05, 3.63) is 64.2 Å². The highest BCUT2D eigenvalue weighted by atomic mass is 35.5. The maximum Gasteiger partial charge on any atom is 0.326 e. The van der Waals surface area contributed by atoms with Crippen LogP contribution in [0.2, 0.25) is 5.02 Å². The summed E-state index contributed by atoms with van der Waals surface area (Å²) in [6.07, 6.45) is 0.850. The second-order valence-electron chi connectivity index (χ2n) is 6.69. The number of imide groups is 1. The molecule has 11 heteroatoms. The Bertz CT molecular complexity index is 1080. The molecule has 2 aromatic carbocycles. The normalized spacial score (nSPS) is 15.5. The summed E-state index contributed by atoms with van der Waals surface area (Å²) in [5, 5.41) is 13.1. The van der Waals surface area contributed by atoms with Crippen molar-refractivity contribution in [1.29, 1.82) is 0 Å². The number of aliphatic carboxylic acids is 1. The van der Waals surface area contributed by atoms with Crippen LogP contribution < -0.4 is 10.6 Å². The van der Waals surface area contributed by atoms with Gasteiger partial charge in [-0.2, -0.15) is 0 Å². The van der Waals surface area contributed by atoms with Crippen molar-refractivity contribution in [2.24, 2.45) is 0 Å². The third-order valence-corrected chi connectivity index (χ3v) is 5.00. The van der Waals surface area contributed by atoms with Gasteiger partial charge in [-0.15, -0.1) is 0 Å². The summed E-state index contributed by atoms with van der Waals surface area (Å²) in [6, 6.07) is 5.00. The minimum atomic E-state index is -1.32. The number of anilines is 1. The van der Waals surface area contributed by atoms with Gasteiger partial charge in [-0.1, -0.05) is 23.7 Å². The molecule has 8 nitrogen and oxygen atoms in total. The fourth-order valence-electron chi connectivity index (χ4n) is 3.22. The fourth-order valence-corrected chi connectivity index (χ4v) is 3.46. The van der Waals surface area contributed by atoms with Crippen LogP contribution in [-0.2, 0) is 4.79 Å². The van der Waals surface area contributed by atoms with Gasteiger partial charge in [0.1, 0.15) is 6.04 Å². The summed E-state index contributed by atoms with van der Waals surface area (Å²) in [7, 11) is 0. The number of halogens is 3. The lowest BCUT2D eigenvalue weighted by molar-refractivity contribution is -0.141. The Balaban J connectivity index is 1.76. The number of urea groups is 1. The lowest BCUT2D eigenvalue weighted by atomic mass is 10.1. The van der Waals surface area contributed by atoms with Gasteiger partial charge in [0.15, 0.2) is 11.6 Å². The van der Waals surface area contributed by atoms with Crippen LogP contribution in [0.1, 0.15) is 33.6 Å². The third kappa shape index (κ3) is 4.80. The lowest BCUT2D eigenvalue weighted by Gasteiger charge is -2.22. The quantitative estimate of drug-likeness (QED) is 0.617. The van der Waals surface area contributed by atoms with E-state index in [0.29, 0.717) is 25.0 Å². The van der Waals surface area contributed by atoms with E-state index >= 15 is 0 Å². The van der Waals surface area contributed by atoms with Gasteiger partial charge in [-0.25, -0.2) is 18.4 Å². The van der Waals surface area contributed by atoms with E-state index in [-0.39, 0.29) is 17.8 Å². The largest absolute Gasteiger partial charge is 0.480 e. The number of nitrogens with one attached hydrogen (secondary N) is 2. The number of nitrogens with zero attached hydrogens (tertiary/aromatic N) is 1. The van der Waals surface area contributed by atoms with Crippen molar-refractivity contribution in [3.8, 4) is 0 Å². The summed E-state index contributed by atoms with van der Waals surface area (Å²) >= 11 is 5.72. The molecule has 0 aromatic heterocycles. The van der Waals surface area contributed by atoms with Gasteiger partial charge < -0.3 is 15.3 Å². The van der Waals surface area contributed by atoms with Gasteiger partial charge in [0.05, 0.1) is 21.8 Å². The maximum absolute atomic E-state index is 13.4. The van der Waals surface area contributed by atoms with Crippen LogP contribution in [0.25, 0.3) is 0 Å². The zero-order chi connectivity index (χ0) is 22.7. The molecular weight excluding hydrogens is 436 g/mol. The first-order valence-corrected chi connectivity index (χ1v) is 9.46. The number of hydrogen-bond acceptors (Lipinski definition) is 4. The summed E-state index contributed by atoms with van der Waals surface area (Å²) in [5.41, 5.74) is -0.393. The fraction of sp³-hybridized carbons (Fsp3) is 0.200. The predicted octanol–water partition coefficient (Wildman–Crippen LogP) is 3.27. The molecule has 1 fully saturated rings. The Morgan fingerprint density at radius 2 is 1.74 bits per heavy atom. The number of amides is 4. The van der Waals surface area contributed by atoms with E-state index in [9.17, 15) is 33.1 Å². The van der Waals surface area contributed by atoms with Crippen molar-refractivity contribution in [1.82, 2.24) is 10.2 Å². The summed E-state index contributed by atoms with van der Waals surface area (Å²) < 4.78 is 26.5. The maximum atomic E-state index is 13.4. The molecule has 1 aliphatic rings. The molecule has 1 heterocycles. The van der Waals surface area contributed by atoms with Crippen LogP contribution >= 0.6 is 11.6 Å². The number of para-hydroxylation sites is 1. The smallest absolute Gasteiger partial charge is 0.326 e. The number of hydrogen-bond donors (Lipinski definition) is 3. The molecule has 0 aliphatic carbocycles. The molecule has 162 valence electrons. The SMILES string of the molecule is O=C(NC(=O)c1cc(F)c(F)cc1Cl)Nc1ccccc1C(=O)N1CCC[C@H]1C(=O)O. The molecule has 0 spiro atoms. The van der Waals surface area contributed by atoms with Gasteiger partial charge in [0, 0.05) is 6.54 Å². The summed E-state index contributed by atoms with van der Waals surface area (Å²) in [6.45, 7) is 0.253. The zero-order valence-corrected chi connectivity index (χ0v) is 16.6. The Hall–Kier alpha value is -3.53. The van der Waals surface area contributed by atoms with E-state index in [2.05, 4.69) is 5.32 Å². The number of carboxylic acids is 1. The first-order chi connectivity index (χ1) is 14.7. The Morgan fingerprint density at radius 3 is 2.45 bits per heavy atom. The second kappa shape index (κ2) is 9.09. The van der Waals surface area contributed by atoms with Crippen LogP contribution in [0.4, 0.5) is 19.3 Å². The second-order valence-corrected chi connectivity index (χ2v) is 7.10. The molecule has 2 aromatic rings. The molecule has 1 atom stereocenters. The third-order valence-electron chi connectivity index (χ3n) is 4.69. The van der Waals surface area contributed by atoms with E-state index in [1.165, 1.54) is 29.2 Å². The molecule has 3 N–H and O–H groups in total. The molecule has 1 saturated heterocycles. The number of carbonyl (C=O) groups excluding carboxylic acids is 3. The van der Waals surface area contributed by atoms with E-state index in [4.69, 9.17) is 11.6 Å². The highest BCUT2D eigenvalue weighted by molar-refractivity contribution is 6.34. The van der Waals surface area contributed by atoms with Gasteiger partial charge in [-0.05, 0) is 37.1 Å².